The molecule has 0 bridgehead atoms. The van der Waals surface area contributed by atoms with Crippen LogP contribution in [0, 0.1) is 0 Å². The van der Waals surface area contributed by atoms with Gasteiger partial charge in [-0.05, 0) is 76.5 Å². The molecule has 6 rings (SSSR count). The van der Waals surface area contributed by atoms with Gasteiger partial charge in [0, 0.05) is 12.3 Å². The van der Waals surface area contributed by atoms with E-state index in [1.54, 1.807) is 36.4 Å². The summed E-state index contributed by atoms with van der Waals surface area (Å²) in [7, 11) is -8.08. The zero-order chi connectivity index (χ0) is 34.4. The first kappa shape index (κ1) is 32.1. The highest BCUT2D eigenvalue weighted by Gasteiger charge is 2.18. The van der Waals surface area contributed by atoms with E-state index in [1.807, 2.05) is 24.3 Å². The minimum Gasteiger partial charge on any atom is -0.507 e. The monoisotopic (exact) mass is 682 g/mol. The summed E-state index contributed by atoms with van der Waals surface area (Å²) in [6.07, 6.45) is 1.06. The van der Waals surface area contributed by atoms with Gasteiger partial charge in [0.1, 0.15) is 22.9 Å². The number of rotatable bonds is 7. The van der Waals surface area contributed by atoms with Crippen LogP contribution in [-0.4, -0.2) is 37.9 Å². The van der Waals surface area contributed by atoms with Gasteiger partial charge in [-0.15, -0.1) is 10.2 Å². The van der Waals surface area contributed by atoms with Crippen molar-refractivity contribution in [2.75, 3.05) is 17.7 Å². The Hall–Kier alpha value is -5.90. The van der Waals surface area contributed by atoms with Crippen molar-refractivity contribution in [3.8, 4) is 22.6 Å². The summed E-state index contributed by atoms with van der Waals surface area (Å²) in [5, 5.41) is 39.3. The molecule has 6 aromatic rings. The highest BCUT2D eigenvalue weighted by atomic mass is 32.2. The topological polar surface area (TPSA) is 230 Å². The fraction of sp³-hybridized carbons (Fsp3) is 0.0303. The molecule has 13 nitrogen and oxygen atoms in total. The fourth-order valence-corrected chi connectivity index (χ4v) is 6.27. The number of benzene rings is 6. The van der Waals surface area contributed by atoms with E-state index in [2.05, 4.69) is 20.5 Å². The first-order valence-corrected chi connectivity index (χ1v) is 17.3. The van der Waals surface area contributed by atoms with Crippen LogP contribution < -0.4 is 11.5 Å². The van der Waals surface area contributed by atoms with Crippen LogP contribution in [0.25, 0.3) is 32.7 Å². The van der Waals surface area contributed by atoms with Crippen molar-refractivity contribution < 1.29 is 31.6 Å². The number of hydrogen-bond acceptors (Lipinski definition) is 12. The summed E-state index contributed by atoms with van der Waals surface area (Å²) in [5.41, 5.74) is 15.7. The molecule has 0 heterocycles. The van der Waals surface area contributed by atoms with E-state index in [0.717, 1.165) is 29.5 Å². The molecule has 0 unspecified atom stereocenters. The molecule has 242 valence electrons. The van der Waals surface area contributed by atoms with Crippen LogP contribution in [0.15, 0.2) is 127 Å². The normalized spacial score (nSPS) is 12.5. The third-order valence-electron chi connectivity index (χ3n) is 7.47. The quantitative estimate of drug-likeness (QED) is 0.0629. The smallest absolute Gasteiger partial charge is 0.294 e. The third kappa shape index (κ3) is 6.37. The van der Waals surface area contributed by atoms with Crippen LogP contribution in [0.4, 0.5) is 34.1 Å². The number of nitrogen functional groups attached to an aromatic ring is 2. The van der Waals surface area contributed by atoms with Gasteiger partial charge >= 0.3 is 0 Å². The molecule has 0 radical (unpaired) electrons. The van der Waals surface area contributed by atoms with Crippen LogP contribution in [0.5, 0.6) is 11.5 Å². The molecular formula is C33H26N6O7S2. The van der Waals surface area contributed by atoms with Crippen molar-refractivity contribution in [3.63, 3.8) is 0 Å². The Balaban J connectivity index is 1.22. The average Bonchev–Trinajstić information content (AvgIpc) is 3.03. The molecule has 0 fully saturated rings. The number of nitrogens with two attached hydrogens (primary N) is 2. The van der Waals surface area contributed by atoms with Crippen molar-refractivity contribution in [3.05, 3.63) is 97.1 Å². The molecule has 0 atom stereocenters. The van der Waals surface area contributed by atoms with E-state index in [9.17, 15) is 31.6 Å². The number of hydrogen-bond donors (Lipinski definition) is 5. The second-order valence-electron chi connectivity index (χ2n) is 10.8. The predicted octanol–water partition coefficient (Wildman–Crippen LogP) is 7.72. The van der Waals surface area contributed by atoms with Gasteiger partial charge in [-0.3, -0.25) is 4.55 Å². The summed E-state index contributed by atoms with van der Waals surface area (Å²) in [6, 6.07) is 25.2. The highest BCUT2D eigenvalue weighted by Crippen LogP contribution is 2.42. The lowest BCUT2D eigenvalue weighted by atomic mass is 10.1. The molecule has 0 saturated heterocycles. The van der Waals surface area contributed by atoms with Gasteiger partial charge in [0.05, 0.1) is 43.3 Å². The summed E-state index contributed by atoms with van der Waals surface area (Å²) < 4.78 is 56.5. The largest absolute Gasteiger partial charge is 0.507 e. The maximum Gasteiger partial charge on any atom is 0.294 e. The lowest BCUT2D eigenvalue weighted by Crippen LogP contribution is -1.98. The lowest BCUT2D eigenvalue weighted by Gasteiger charge is -2.09. The standard InChI is InChI=1S/C33H26N6O7S2/c1-47(42,43)24-14-20-6-12-26(34)32(30(20)28(40)16-24)38-36-22-8-2-18(3-9-22)19-4-10-23(11-5-19)37-39-33-27(35)13-7-21-15-25(48(44,45)46)17-29(41)31(21)33/h2-17,40-41H,34-35H2,1H3,(H,44,45,46)/b38-36-,39-37-. The molecule has 0 aromatic heterocycles. The molecule has 0 spiro atoms. The Morgan fingerprint density at radius 1 is 0.542 bits per heavy atom. The Bertz CT molecular complexity index is 2360. The van der Waals surface area contributed by atoms with E-state index in [4.69, 9.17) is 11.5 Å². The summed E-state index contributed by atoms with van der Waals surface area (Å²) in [4.78, 5) is -0.492. The van der Waals surface area contributed by atoms with E-state index in [1.165, 1.54) is 24.3 Å². The van der Waals surface area contributed by atoms with Gasteiger partial charge in [0.2, 0.25) is 0 Å². The van der Waals surface area contributed by atoms with Gasteiger partial charge in [0.15, 0.2) is 9.84 Å². The average molecular weight is 683 g/mol. The number of fused-ring (bicyclic) bond motifs is 2. The van der Waals surface area contributed by atoms with Crippen molar-refractivity contribution in [1.29, 1.82) is 0 Å². The Kier molecular flexibility index (Phi) is 8.04. The number of sulfone groups is 1. The van der Waals surface area contributed by atoms with Gasteiger partial charge in [-0.2, -0.15) is 18.6 Å². The molecule has 6 aromatic carbocycles. The van der Waals surface area contributed by atoms with Gasteiger partial charge < -0.3 is 21.7 Å². The maximum atomic E-state index is 12.0. The molecule has 0 saturated carbocycles. The highest BCUT2D eigenvalue weighted by molar-refractivity contribution is 7.90. The van der Waals surface area contributed by atoms with E-state index >= 15 is 0 Å². The number of aromatic hydroxyl groups is 2. The predicted molar refractivity (Wildman–Crippen MR) is 183 cm³/mol. The second-order valence-corrected chi connectivity index (χ2v) is 14.3. The van der Waals surface area contributed by atoms with Crippen molar-refractivity contribution in [2.24, 2.45) is 20.5 Å². The number of phenolic OH excluding ortho intramolecular Hbond substituents is 2. The Morgan fingerprint density at radius 2 is 0.938 bits per heavy atom. The van der Waals surface area contributed by atoms with E-state index < -0.39 is 30.6 Å². The van der Waals surface area contributed by atoms with E-state index in [0.29, 0.717) is 22.1 Å². The Morgan fingerprint density at radius 3 is 1.33 bits per heavy atom. The molecule has 48 heavy (non-hydrogen) atoms. The van der Waals surface area contributed by atoms with Gasteiger partial charge in [0.25, 0.3) is 10.1 Å². The van der Waals surface area contributed by atoms with Gasteiger partial charge in [-0.25, -0.2) is 8.42 Å². The fourth-order valence-electron chi connectivity index (χ4n) is 5.06. The molecule has 0 aliphatic carbocycles. The number of phenols is 2. The molecule has 0 aliphatic heterocycles. The van der Waals surface area contributed by atoms with Crippen LogP contribution >= 0.6 is 0 Å². The molecule has 7 N–H and O–H groups in total. The minimum atomic E-state index is -4.54. The maximum absolute atomic E-state index is 12.0. The van der Waals surface area contributed by atoms with Crippen LogP contribution in [-0.2, 0) is 20.0 Å². The molecular weight excluding hydrogens is 657 g/mol. The Labute approximate surface area is 274 Å². The molecule has 15 heteroatoms. The minimum absolute atomic E-state index is 0.0270. The molecule has 0 aliphatic rings. The number of azo groups is 2. The SMILES string of the molecule is CS(=O)(=O)c1cc(O)c2c(/N=N\c3ccc(-c4ccc(/N=N\c5c(N)ccc6cc(S(=O)(=O)O)cc(O)c56)cc4)cc3)c(N)ccc2c1. The van der Waals surface area contributed by atoms with Crippen LogP contribution in [0.1, 0.15) is 0 Å². The first-order valence-electron chi connectivity index (χ1n) is 14.0. The van der Waals surface area contributed by atoms with E-state index in [-0.39, 0.29) is 44.2 Å². The first-order chi connectivity index (χ1) is 22.7. The van der Waals surface area contributed by atoms with Gasteiger partial charge in [-0.1, -0.05) is 36.4 Å². The molecule has 0 amide bonds. The summed E-state index contributed by atoms with van der Waals surface area (Å²) >= 11 is 0. The summed E-state index contributed by atoms with van der Waals surface area (Å²) in [5.74, 6) is -0.706. The number of nitrogens with zero attached hydrogens (tertiary/aromatic N) is 4. The zero-order valence-corrected chi connectivity index (χ0v) is 26.6. The van der Waals surface area contributed by atoms with Crippen molar-refractivity contribution in [2.45, 2.75) is 9.79 Å². The second kappa shape index (κ2) is 12.0. The van der Waals surface area contributed by atoms with Crippen LogP contribution in [0.2, 0.25) is 0 Å². The van der Waals surface area contributed by atoms with Crippen molar-refractivity contribution >= 4 is 75.6 Å². The number of anilines is 2. The third-order valence-corrected chi connectivity index (χ3v) is 9.40. The lowest BCUT2D eigenvalue weighted by molar-refractivity contribution is 0.471. The van der Waals surface area contributed by atoms with Crippen molar-refractivity contribution in [1.82, 2.24) is 0 Å². The van der Waals surface area contributed by atoms with Crippen LogP contribution in [0.3, 0.4) is 0 Å². The zero-order valence-electron chi connectivity index (χ0n) is 25.0. The summed E-state index contributed by atoms with van der Waals surface area (Å²) in [6.45, 7) is 0.